The number of hydrogen-bond acceptors (Lipinski definition) is 5. The quantitative estimate of drug-likeness (QED) is 0.0248. The number of phosphoric ester groups is 1. The number of carbonyl (C=O) groups is 1. The lowest BCUT2D eigenvalue weighted by molar-refractivity contribution is -0.870. The third-order valence-corrected chi connectivity index (χ3v) is 10.1. The van der Waals surface area contributed by atoms with Crippen molar-refractivity contribution in [1.29, 1.82) is 0 Å². The molecule has 0 aromatic heterocycles. The van der Waals surface area contributed by atoms with Gasteiger partial charge in [-0.25, -0.2) is 4.57 Å². The molecule has 1 amide bonds. The topological polar surface area (TPSA) is 105 Å². The molecule has 0 radical (unpaired) electrons. The molecule has 0 aromatic rings. The van der Waals surface area contributed by atoms with Crippen LogP contribution < -0.4 is 5.32 Å². The Morgan fingerprint density at radius 1 is 0.625 bits per heavy atom. The molecule has 0 heterocycles. The molecule has 0 bridgehead atoms. The highest BCUT2D eigenvalue weighted by atomic mass is 31.2. The number of aliphatic hydroxyl groups excluding tert-OH is 1. The van der Waals surface area contributed by atoms with Gasteiger partial charge >= 0.3 is 7.82 Å². The van der Waals surface area contributed by atoms with Gasteiger partial charge in [0, 0.05) is 6.42 Å². The Labute approximate surface area is 344 Å². The van der Waals surface area contributed by atoms with Gasteiger partial charge in [-0.1, -0.05) is 157 Å². The predicted molar refractivity (Wildman–Crippen MR) is 239 cm³/mol. The molecule has 322 valence electrons. The summed E-state index contributed by atoms with van der Waals surface area (Å²) in [6, 6.07) is -0.877. The summed E-state index contributed by atoms with van der Waals surface area (Å²) in [5, 5.41) is 13.8. The standard InChI is InChI=1S/C47H83N2O6P/c1-6-8-10-12-14-16-18-20-21-22-23-24-25-26-27-29-31-33-35-37-39-41-47(51)48-45(44-55-56(52,53)54-43-42-49(3,4)5)46(50)40-38-36-34-32-30-28-19-17-15-13-11-9-7-2/h8,10,14,16,20-21,23-24,26-27,30,32,38,40,45-46,50H,6-7,9,11-13,15,17-19,22,25,28-29,31,33-37,39,41-44H2,1-5H3,(H-,48,51,52,53)/p+1/b10-8-,16-14-,21-20-,24-23-,27-26-,32-30+,40-38+. The number of nitrogens with zero attached hydrogens (tertiary/aromatic N) is 1. The largest absolute Gasteiger partial charge is 0.472 e. The van der Waals surface area contributed by atoms with Gasteiger partial charge in [-0.3, -0.25) is 13.8 Å². The summed E-state index contributed by atoms with van der Waals surface area (Å²) < 4.78 is 23.5. The molecule has 3 unspecified atom stereocenters. The number of rotatable bonds is 38. The maximum Gasteiger partial charge on any atom is 0.472 e. The first-order valence-corrected chi connectivity index (χ1v) is 23.5. The van der Waals surface area contributed by atoms with E-state index in [1.165, 1.54) is 44.9 Å². The van der Waals surface area contributed by atoms with Gasteiger partial charge in [-0.05, 0) is 77.0 Å². The van der Waals surface area contributed by atoms with Crippen molar-refractivity contribution in [1.82, 2.24) is 5.32 Å². The molecule has 0 aliphatic rings. The first-order chi connectivity index (χ1) is 27.0. The summed E-state index contributed by atoms with van der Waals surface area (Å²) in [6.45, 7) is 4.62. The Balaban J connectivity index is 4.50. The van der Waals surface area contributed by atoms with Crippen molar-refractivity contribution in [2.75, 3.05) is 40.9 Å². The zero-order valence-corrected chi connectivity index (χ0v) is 37.2. The van der Waals surface area contributed by atoms with Crippen LogP contribution >= 0.6 is 7.82 Å². The molecule has 0 spiro atoms. The van der Waals surface area contributed by atoms with Crippen molar-refractivity contribution in [3.05, 3.63) is 85.1 Å². The van der Waals surface area contributed by atoms with E-state index in [-0.39, 0.29) is 19.1 Å². The predicted octanol–water partition coefficient (Wildman–Crippen LogP) is 12.2. The van der Waals surface area contributed by atoms with Gasteiger partial charge < -0.3 is 19.8 Å². The molecule has 9 heteroatoms. The SMILES string of the molecule is CC/C=C\C/C=C\C/C=C\C/C=C\C/C=C\CCCCCCCC(=O)NC(COP(=O)(O)OCC[N+](C)(C)C)C(O)/C=C/CC/C=C/CCCCCCCCC. The maximum atomic E-state index is 12.9. The van der Waals surface area contributed by atoms with Crippen LogP contribution in [0, 0.1) is 0 Å². The lowest BCUT2D eigenvalue weighted by atomic mass is 10.1. The second-order valence-electron chi connectivity index (χ2n) is 15.7. The van der Waals surface area contributed by atoms with Crippen LogP contribution in [-0.2, 0) is 18.4 Å². The fourth-order valence-electron chi connectivity index (χ4n) is 5.61. The second-order valence-corrected chi connectivity index (χ2v) is 17.1. The van der Waals surface area contributed by atoms with Gasteiger partial charge in [0.1, 0.15) is 13.2 Å². The van der Waals surface area contributed by atoms with Crippen LogP contribution in [0.2, 0.25) is 0 Å². The molecule has 0 aliphatic carbocycles. The van der Waals surface area contributed by atoms with E-state index in [1.807, 2.05) is 27.2 Å². The molecule has 0 saturated heterocycles. The second kappa shape index (κ2) is 38.2. The first kappa shape index (κ1) is 53.7. The van der Waals surface area contributed by atoms with E-state index in [0.29, 0.717) is 17.4 Å². The number of hydrogen-bond donors (Lipinski definition) is 3. The smallest absolute Gasteiger partial charge is 0.387 e. The minimum atomic E-state index is -4.35. The van der Waals surface area contributed by atoms with Gasteiger partial charge in [0.2, 0.25) is 5.91 Å². The number of quaternary nitrogens is 1. The molecule has 0 aliphatic heterocycles. The summed E-state index contributed by atoms with van der Waals surface area (Å²) >= 11 is 0. The number of nitrogens with one attached hydrogen (secondary N) is 1. The van der Waals surface area contributed by atoms with Crippen molar-refractivity contribution in [2.45, 2.75) is 167 Å². The van der Waals surface area contributed by atoms with Crippen molar-refractivity contribution in [2.24, 2.45) is 0 Å². The fraction of sp³-hybridized carbons (Fsp3) is 0.681. The normalized spacial score (nSPS) is 15.2. The Kier molecular flexibility index (Phi) is 36.6. The van der Waals surface area contributed by atoms with E-state index in [0.717, 1.165) is 89.9 Å². The summed E-state index contributed by atoms with van der Waals surface area (Å²) in [7, 11) is 1.52. The summed E-state index contributed by atoms with van der Waals surface area (Å²) in [6.07, 6.45) is 52.2. The fourth-order valence-corrected chi connectivity index (χ4v) is 6.35. The van der Waals surface area contributed by atoms with Crippen LogP contribution in [0.15, 0.2) is 85.1 Å². The first-order valence-electron chi connectivity index (χ1n) is 22.0. The van der Waals surface area contributed by atoms with E-state index < -0.39 is 20.0 Å². The monoisotopic (exact) mass is 804 g/mol. The average molecular weight is 804 g/mol. The van der Waals surface area contributed by atoms with Gasteiger partial charge in [0.15, 0.2) is 0 Å². The molecule has 0 saturated carbocycles. The maximum absolute atomic E-state index is 12.9. The van der Waals surface area contributed by atoms with Crippen molar-refractivity contribution in [3.63, 3.8) is 0 Å². The van der Waals surface area contributed by atoms with E-state index in [9.17, 15) is 19.4 Å². The zero-order chi connectivity index (χ0) is 41.4. The summed E-state index contributed by atoms with van der Waals surface area (Å²) in [4.78, 5) is 23.1. The number of amides is 1. The molecule has 0 aromatic carbocycles. The lowest BCUT2D eigenvalue weighted by Crippen LogP contribution is -2.45. The van der Waals surface area contributed by atoms with E-state index >= 15 is 0 Å². The molecule has 3 atom stereocenters. The van der Waals surface area contributed by atoms with Crippen LogP contribution in [-0.4, -0.2) is 73.4 Å². The minimum Gasteiger partial charge on any atom is -0.387 e. The van der Waals surface area contributed by atoms with Crippen molar-refractivity contribution in [3.8, 4) is 0 Å². The van der Waals surface area contributed by atoms with Crippen LogP contribution in [0.1, 0.15) is 155 Å². The highest BCUT2D eigenvalue weighted by molar-refractivity contribution is 7.47. The summed E-state index contributed by atoms with van der Waals surface area (Å²) in [5.41, 5.74) is 0. The van der Waals surface area contributed by atoms with Crippen molar-refractivity contribution < 1.29 is 32.9 Å². The molecule has 0 rings (SSSR count). The third kappa shape index (κ3) is 39.9. The van der Waals surface area contributed by atoms with Crippen LogP contribution in [0.5, 0.6) is 0 Å². The molecule has 56 heavy (non-hydrogen) atoms. The highest BCUT2D eigenvalue weighted by Gasteiger charge is 2.27. The molecular formula is C47H84N2O6P+. The number of likely N-dealkylation sites (N-methyl/N-ethyl adjacent to an activating group) is 1. The third-order valence-electron chi connectivity index (χ3n) is 9.10. The van der Waals surface area contributed by atoms with Gasteiger partial charge in [-0.2, -0.15) is 0 Å². The van der Waals surface area contributed by atoms with Gasteiger partial charge in [0.25, 0.3) is 0 Å². The number of phosphoric acid groups is 1. The van der Waals surface area contributed by atoms with Gasteiger partial charge in [-0.15, -0.1) is 0 Å². The van der Waals surface area contributed by atoms with Crippen LogP contribution in [0.4, 0.5) is 0 Å². The van der Waals surface area contributed by atoms with Gasteiger partial charge in [0.05, 0.1) is 39.9 Å². The Bertz CT molecular complexity index is 1180. The van der Waals surface area contributed by atoms with E-state index in [4.69, 9.17) is 9.05 Å². The molecule has 0 fully saturated rings. The zero-order valence-electron chi connectivity index (χ0n) is 36.3. The Hall–Kier alpha value is -2.32. The number of aliphatic hydroxyl groups is 1. The van der Waals surface area contributed by atoms with Crippen LogP contribution in [0.25, 0.3) is 0 Å². The number of allylic oxidation sites excluding steroid dienone is 13. The van der Waals surface area contributed by atoms with E-state index in [1.54, 1.807) is 6.08 Å². The van der Waals surface area contributed by atoms with Crippen molar-refractivity contribution >= 4 is 13.7 Å². The lowest BCUT2D eigenvalue weighted by Gasteiger charge is -2.25. The highest BCUT2D eigenvalue weighted by Crippen LogP contribution is 2.43. The Morgan fingerprint density at radius 3 is 1.64 bits per heavy atom. The van der Waals surface area contributed by atoms with E-state index in [2.05, 4.69) is 92.1 Å². The number of carbonyl (C=O) groups excluding carboxylic acids is 1. The molecular weight excluding hydrogens is 719 g/mol. The molecule has 3 N–H and O–H groups in total. The Morgan fingerprint density at radius 2 is 1.09 bits per heavy atom. The average Bonchev–Trinajstić information content (AvgIpc) is 3.15. The summed E-state index contributed by atoms with van der Waals surface area (Å²) in [5.74, 6) is -0.211. The van der Waals surface area contributed by atoms with Crippen LogP contribution in [0.3, 0.4) is 0 Å². The minimum absolute atomic E-state index is 0.0472. The number of unbranched alkanes of at least 4 members (excludes halogenated alkanes) is 13. The molecule has 8 nitrogen and oxygen atoms in total.